The van der Waals surface area contributed by atoms with Crippen molar-refractivity contribution < 1.29 is 14.4 Å². The van der Waals surface area contributed by atoms with E-state index in [-0.39, 0.29) is 43.6 Å². The van der Waals surface area contributed by atoms with E-state index in [2.05, 4.69) is 10.6 Å². The van der Waals surface area contributed by atoms with Crippen LogP contribution in [0.3, 0.4) is 0 Å². The van der Waals surface area contributed by atoms with E-state index in [1.165, 1.54) is 0 Å². The highest BCUT2D eigenvalue weighted by Crippen LogP contribution is 2.04. The van der Waals surface area contributed by atoms with Gasteiger partial charge in [0.05, 0.1) is 0 Å². The molecule has 86 valence electrons. The molecule has 1 fully saturated rings. The van der Waals surface area contributed by atoms with Crippen molar-refractivity contribution in [1.82, 2.24) is 10.6 Å². The number of carbonyl (C=O) groups excluding carboxylic acids is 3. The quantitative estimate of drug-likeness (QED) is 0.528. The summed E-state index contributed by atoms with van der Waals surface area (Å²) in [5, 5.41) is 4.66. The van der Waals surface area contributed by atoms with Crippen LogP contribution in [0.15, 0.2) is 0 Å². The Morgan fingerprint density at radius 3 is 2.73 bits per heavy atom. The monoisotopic (exact) mass is 235 g/mol. The van der Waals surface area contributed by atoms with Crippen molar-refractivity contribution in [3.05, 3.63) is 0 Å². The maximum Gasteiger partial charge on any atom is 0.249 e. The van der Waals surface area contributed by atoms with Gasteiger partial charge in [0.1, 0.15) is 6.04 Å². The molecule has 1 rings (SSSR count). The molecule has 0 aromatic heterocycles. The number of rotatable bonds is 3. The predicted octanol–water partition coefficient (Wildman–Crippen LogP) is -1.32. The lowest BCUT2D eigenvalue weighted by Gasteiger charge is -2.21. The molecule has 3 amide bonds. The van der Waals surface area contributed by atoms with E-state index in [1.807, 2.05) is 0 Å². The van der Waals surface area contributed by atoms with Gasteiger partial charge in [-0.15, -0.1) is 12.4 Å². The summed E-state index contributed by atoms with van der Waals surface area (Å²) in [6.45, 7) is 0.249. The van der Waals surface area contributed by atoms with Crippen molar-refractivity contribution in [3.8, 4) is 0 Å². The van der Waals surface area contributed by atoms with Gasteiger partial charge in [-0.2, -0.15) is 0 Å². The van der Waals surface area contributed by atoms with Gasteiger partial charge in [-0.25, -0.2) is 0 Å². The molecule has 0 bridgehead atoms. The first-order chi connectivity index (χ1) is 6.63. The molecular formula is C8H14ClN3O3. The highest BCUT2D eigenvalue weighted by atomic mass is 35.5. The molecule has 0 spiro atoms. The number of nitrogens with two attached hydrogens (primary N) is 1. The molecule has 0 aromatic rings. The topological polar surface area (TPSA) is 101 Å². The second kappa shape index (κ2) is 6.36. The van der Waals surface area contributed by atoms with Crippen LogP contribution in [-0.4, -0.2) is 30.3 Å². The second-order valence-electron chi connectivity index (χ2n) is 3.11. The van der Waals surface area contributed by atoms with Gasteiger partial charge >= 0.3 is 0 Å². The van der Waals surface area contributed by atoms with Crippen LogP contribution in [0.5, 0.6) is 0 Å². The molecule has 4 N–H and O–H groups in total. The highest BCUT2D eigenvalue weighted by Gasteiger charge is 2.27. The third-order valence-corrected chi connectivity index (χ3v) is 1.95. The number of halogens is 1. The van der Waals surface area contributed by atoms with Crippen LogP contribution in [0.25, 0.3) is 0 Å². The average Bonchev–Trinajstić information content (AvgIpc) is 2.10. The Morgan fingerprint density at radius 2 is 2.20 bits per heavy atom. The molecule has 1 unspecified atom stereocenters. The Labute approximate surface area is 93.4 Å². The molecule has 0 saturated carbocycles. The van der Waals surface area contributed by atoms with E-state index in [0.717, 1.165) is 0 Å². The van der Waals surface area contributed by atoms with E-state index in [4.69, 9.17) is 5.73 Å². The first-order valence-corrected chi connectivity index (χ1v) is 4.46. The Bertz CT molecular complexity index is 270. The van der Waals surface area contributed by atoms with Gasteiger partial charge in [0.2, 0.25) is 17.7 Å². The number of nitrogens with one attached hydrogen (secondary N) is 2. The zero-order valence-corrected chi connectivity index (χ0v) is 8.93. The number of carbonyl (C=O) groups is 3. The SMILES string of the molecule is Cl.NCCC(=O)NC1CCC(=O)NC1=O. The minimum atomic E-state index is -0.591. The maximum atomic E-state index is 11.2. The van der Waals surface area contributed by atoms with Gasteiger partial charge in [-0.3, -0.25) is 19.7 Å². The van der Waals surface area contributed by atoms with Crippen LogP contribution in [0, 0.1) is 0 Å². The first kappa shape index (κ1) is 13.9. The summed E-state index contributed by atoms with van der Waals surface area (Å²) >= 11 is 0. The summed E-state index contributed by atoms with van der Waals surface area (Å²) in [5.74, 6) is -0.993. The van der Waals surface area contributed by atoms with Crippen molar-refractivity contribution in [2.45, 2.75) is 25.3 Å². The fourth-order valence-corrected chi connectivity index (χ4v) is 1.23. The number of piperidine rings is 1. The molecular weight excluding hydrogens is 222 g/mol. The Kier molecular flexibility index (Phi) is 5.88. The van der Waals surface area contributed by atoms with Crippen molar-refractivity contribution in [1.29, 1.82) is 0 Å². The smallest absolute Gasteiger partial charge is 0.249 e. The molecule has 0 aliphatic carbocycles. The van der Waals surface area contributed by atoms with Crippen LogP contribution >= 0.6 is 12.4 Å². The standard InChI is InChI=1S/C8H13N3O3.ClH/c9-4-3-7(13)10-5-1-2-6(12)11-8(5)14;/h5H,1-4,9H2,(H,10,13)(H,11,12,14);1H. The van der Waals surface area contributed by atoms with E-state index in [9.17, 15) is 14.4 Å². The van der Waals surface area contributed by atoms with E-state index in [0.29, 0.717) is 6.42 Å². The lowest BCUT2D eigenvalue weighted by Crippen LogP contribution is -2.52. The van der Waals surface area contributed by atoms with Crippen molar-refractivity contribution in [3.63, 3.8) is 0 Å². The van der Waals surface area contributed by atoms with Gasteiger partial charge in [0.25, 0.3) is 0 Å². The van der Waals surface area contributed by atoms with Crippen molar-refractivity contribution in [2.75, 3.05) is 6.54 Å². The minimum absolute atomic E-state index is 0. The largest absolute Gasteiger partial charge is 0.344 e. The lowest BCUT2D eigenvalue weighted by atomic mass is 10.1. The number of hydrogen-bond acceptors (Lipinski definition) is 4. The summed E-state index contributed by atoms with van der Waals surface area (Å²) in [6.07, 6.45) is 0.817. The summed E-state index contributed by atoms with van der Waals surface area (Å²) in [5.41, 5.74) is 5.18. The zero-order chi connectivity index (χ0) is 10.6. The molecule has 1 aliphatic heterocycles. The van der Waals surface area contributed by atoms with Gasteiger partial charge in [0, 0.05) is 19.4 Å². The summed E-state index contributed by atoms with van der Waals surface area (Å²) in [4.78, 5) is 33.0. The summed E-state index contributed by atoms with van der Waals surface area (Å²) < 4.78 is 0. The van der Waals surface area contributed by atoms with Crippen molar-refractivity contribution in [2.24, 2.45) is 5.73 Å². The minimum Gasteiger partial charge on any atom is -0.344 e. The van der Waals surface area contributed by atoms with Gasteiger partial charge in [-0.05, 0) is 6.42 Å². The van der Waals surface area contributed by atoms with Crippen LogP contribution in [0.2, 0.25) is 0 Å². The molecule has 1 atom stereocenters. The molecule has 0 radical (unpaired) electrons. The van der Waals surface area contributed by atoms with Crippen LogP contribution < -0.4 is 16.4 Å². The molecule has 1 saturated heterocycles. The number of hydrogen-bond donors (Lipinski definition) is 3. The molecule has 1 heterocycles. The number of imide groups is 1. The molecule has 7 heteroatoms. The fraction of sp³-hybridized carbons (Fsp3) is 0.625. The van der Waals surface area contributed by atoms with E-state index >= 15 is 0 Å². The normalized spacial score (nSPS) is 20.2. The van der Waals surface area contributed by atoms with Crippen LogP contribution in [0.4, 0.5) is 0 Å². The highest BCUT2D eigenvalue weighted by molar-refractivity contribution is 6.01. The van der Waals surface area contributed by atoms with Crippen molar-refractivity contribution >= 4 is 30.1 Å². The maximum absolute atomic E-state index is 11.2. The summed E-state index contributed by atoms with van der Waals surface area (Å²) in [7, 11) is 0. The third-order valence-electron chi connectivity index (χ3n) is 1.95. The Morgan fingerprint density at radius 1 is 1.53 bits per heavy atom. The van der Waals surface area contributed by atoms with Crippen LogP contribution in [-0.2, 0) is 14.4 Å². The van der Waals surface area contributed by atoms with Gasteiger partial charge in [-0.1, -0.05) is 0 Å². The molecule has 15 heavy (non-hydrogen) atoms. The zero-order valence-electron chi connectivity index (χ0n) is 8.12. The average molecular weight is 236 g/mol. The molecule has 6 nitrogen and oxygen atoms in total. The van der Waals surface area contributed by atoms with Gasteiger partial charge < -0.3 is 11.1 Å². The summed E-state index contributed by atoms with van der Waals surface area (Å²) in [6, 6.07) is -0.591. The number of amides is 3. The van der Waals surface area contributed by atoms with Gasteiger partial charge in [0.15, 0.2) is 0 Å². The predicted molar refractivity (Wildman–Crippen MR) is 55.2 cm³/mol. The van der Waals surface area contributed by atoms with E-state index in [1.54, 1.807) is 0 Å². The van der Waals surface area contributed by atoms with E-state index < -0.39 is 11.9 Å². The second-order valence-corrected chi connectivity index (χ2v) is 3.11. The van der Waals surface area contributed by atoms with Crippen LogP contribution in [0.1, 0.15) is 19.3 Å². The lowest BCUT2D eigenvalue weighted by molar-refractivity contribution is -0.137. The first-order valence-electron chi connectivity index (χ1n) is 4.46. The Balaban J connectivity index is 0.00000196. The molecule has 1 aliphatic rings. The fourth-order valence-electron chi connectivity index (χ4n) is 1.23. The third kappa shape index (κ3) is 4.26. The Hall–Kier alpha value is -1.14. The molecule has 0 aromatic carbocycles.